The molecule has 2 rings (SSSR count). The topological polar surface area (TPSA) is 15.3 Å². The first-order chi connectivity index (χ1) is 8.57. The summed E-state index contributed by atoms with van der Waals surface area (Å²) < 4.78 is 39.1. The summed E-state index contributed by atoms with van der Waals surface area (Å²) in [7, 11) is 0. The summed E-state index contributed by atoms with van der Waals surface area (Å²) in [5.74, 6) is 2.63. The molecule has 1 N–H and O–H groups in total. The predicted octanol–water partition coefficient (Wildman–Crippen LogP) is 2.36. The Hall–Kier alpha value is 0.0600. The Morgan fingerprint density at radius 3 is 2.78 bits per heavy atom. The highest BCUT2D eigenvalue weighted by Crippen LogP contribution is 2.29. The van der Waals surface area contributed by atoms with Gasteiger partial charge in [0.25, 0.3) is 0 Å². The first-order valence-corrected chi connectivity index (χ1v) is 7.82. The Labute approximate surface area is 111 Å². The second kappa shape index (κ2) is 6.48. The Morgan fingerprint density at radius 2 is 2.11 bits per heavy atom. The van der Waals surface area contributed by atoms with E-state index in [-0.39, 0.29) is 6.54 Å². The minimum Gasteiger partial charge on any atom is -0.315 e. The number of alkyl halides is 3. The van der Waals surface area contributed by atoms with Crippen LogP contribution < -0.4 is 5.32 Å². The van der Waals surface area contributed by atoms with E-state index < -0.39 is 12.2 Å². The smallest absolute Gasteiger partial charge is 0.315 e. The molecule has 2 fully saturated rings. The Morgan fingerprint density at radius 1 is 1.28 bits per heavy atom. The van der Waals surface area contributed by atoms with E-state index in [2.05, 4.69) is 5.32 Å². The summed E-state index contributed by atoms with van der Waals surface area (Å²) in [5.41, 5.74) is 0. The van der Waals surface area contributed by atoms with Crippen LogP contribution in [0.3, 0.4) is 0 Å². The van der Waals surface area contributed by atoms with E-state index in [0.717, 1.165) is 25.0 Å². The fourth-order valence-electron chi connectivity index (χ4n) is 2.76. The van der Waals surface area contributed by atoms with Gasteiger partial charge in [-0.25, -0.2) is 0 Å². The van der Waals surface area contributed by atoms with Crippen LogP contribution >= 0.6 is 11.8 Å². The van der Waals surface area contributed by atoms with Crippen molar-refractivity contribution in [1.82, 2.24) is 10.2 Å². The Bertz CT molecular complexity index is 254. The summed E-state index contributed by atoms with van der Waals surface area (Å²) in [6.45, 7) is 1.92. The predicted molar refractivity (Wildman–Crippen MR) is 69.0 cm³/mol. The van der Waals surface area contributed by atoms with Gasteiger partial charge in [-0.05, 0) is 43.2 Å². The Balaban J connectivity index is 1.96. The van der Waals surface area contributed by atoms with Crippen LogP contribution in [0.5, 0.6) is 0 Å². The molecular formula is C12H21F3N2S. The van der Waals surface area contributed by atoms with E-state index in [0.29, 0.717) is 25.6 Å². The minimum atomic E-state index is -4.11. The molecule has 2 heterocycles. The lowest BCUT2D eigenvalue weighted by Crippen LogP contribution is -2.51. The fourth-order valence-corrected chi connectivity index (χ4v) is 3.90. The summed E-state index contributed by atoms with van der Waals surface area (Å²) in [6, 6.07) is -1.30. The van der Waals surface area contributed by atoms with Gasteiger partial charge in [-0.2, -0.15) is 24.9 Å². The van der Waals surface area contributed by atoms with E-state index >= 15 is 0 Å². The van der Waals surface area contributed by atoms with Gasteiger partial charge in [0.15, 0.2) is 0 Å². The number of hydrogen-bond donors (Lipinski definition) is 1. The minimum absolute atomic E-state index is 0.0450. The summed E-state index contributed by atoms with van der Waals surface area (Å²) in [4.78, 5) is 1.66. The van der Waals surface area contributed by atoms with Crippen LogP contribution in [0.25, 0.3) is 0 Å². The summed E-state index contributed by atoms with van der Waals surface area (Å²) >= 11 is 1.88. The van der Waals surface area contributed by atoms with Crippen LogP contribution in [0.4, 0.5) is 13.2 Å². The van der Waals surface area contributed by atoms with Crippen molar-refractivity contribution in [2.45, 2.75) is 31.5 Å². The van der Waals surface area contributed by atoms with Gasteiger partial charge in [-0.3, -0.25) is 4.90 Å². The van der Waals surface area contributed by atoms with Gasteiger partial charge in [0.1, 0.15) is 6.04 Å². The van der Waals surface area contributed by atoms with E-state index in [1.165, 1.54) is 5.75 Å². The standard InChI is InChI=1S/C12H21F3N2S/c13-12(14,15)11-7-16-4-2-5-17(11)8-10-3-1-6-18-9-10/h10-11,16H,1-9H2. The summed E-state index contributed by atoms with van der Waals surface area (Å²) in [5, 5.41) is 2.90. The molecule has 2 aliphatic heterocycles. The Kier molecular flexibility index (Phi) is 5.21. The van der Waals surface area contributed by atoms with Gasteiger partial charge in [0.05, 0.1) is 0 Å². The van der Waals surface area contributed by atoms with E-state index in [9.17, 15) is 13.2 Å². The number of nitrogens with zero attached hydrogens (tertiary/aromatic N) is 1. The van der Waals surface area contributed by atoms with E-state index in [1.54, 1.807) is 4.90 Å². The fraction of sp³-hybridized carbons (Fsp3) is 1.00. The lowest BCUT2D eigenvalue weighted by Gasteiger charge is -2.35. The molecule has 18 heavy (non-hydrogen) atoms. The van der Waals surface area contributed by atoms with Crippen molar-refractivity contribution in [3.63, 3.8) is 0 Å². The average Bonchev–Trinajstić information content (AvgIpc) is 2.55. The molecule has 0 aromatic carbocycles. The van der Waals surface area contributed by atoms with Gasteiger partial charge in [-0.15, -0.1) is 0 Å². The lowest BCUT2D eigenvalue weighted by molar-refractivity contribution is -0.182. The second-order valence-electron chi connectivity index (χ2n) is 5.19. The quantitative estimate of drug-likeness (QED) is 0.837. The third-order valence-corrected chi connectivity index (χ3v) is 4.99. The van der Waals surface area contributed by atoms with Crippen molar-refractivity contribution >= 4 is 11.8 Å². The SMILES string of the molecule is FC(F)(F)C1CNCCCN1CC1CCCSC1. The molecule has 0 spiro atoms. The number of hydrogen-bond acceptors (Lipinski definition) is 3. The van der Waals surface area contributed by atoms with Crippen molar-refractivity contribution in [3.8, 4) is 0 Å². The maximum atomic E-state index is 13.0. The molecule has 0 aromatic rings. The molecule has 0 saturated carbocycles. The van der Waals surface area contributed by atoms with Crippen LogP contribution in [0.1, 0.15) is 19.3 Å². The molecule has 2 nitrogen and oxygen atoms in total. The van der Waals surface area contributed by atoms with Gasteiger partial charge in [-0.1, -0.05) is 0 Å². The van der Waals surface area contributed by atoms with Crippen LogP contribution in [0.2, 0.25) is 0 Å². The maximum Gasteiger partial charge on any atom is 0.405 e. The highest BCUT2D eigenvalue weighted by Gasteiger charge is 2.44. The van der Waals surface area contributed by atoms with Crippen molar-refractivity contribution in [3.05, 3.63) is 0 Å². The largest absolute Gasteiger partial charge is 0.405 e. The van der Waals surface area contributed by atoms with Crippen molar-refractivity contribution in [1.29, 1.82) is 0 Å². The molecule has 2 aliphatic rings. The van der Waals surface area contributed by atoms with Crippen LogP contribution in [-0.2, 0) is 0 Å². The van der Waals surface area contributed by atoms with Crippen molar-refractivity contribution < 1.29 is 13.2 Å². The molecule has 6 heteroatoms. The first-order valence-electron chi connectivity index (χ1n) is 6.66. The molecule has 0 aliphatic carbocycles. The molecule has 0 aromatic heterocycles. The van der Waals surface area contributed by atoms with Crippen LogP contribution in [0, 0.1) is 5.92 Å². The number of halogens is 3. The summed E-state index contributed by atoms with van der Waals surface area (Å²) in [6.07, 6.45) is -1.06. The van der Waals surface area contributed by atoms with Crippen LogP contribution in [-0.4, -0.2) is 54.8 Å². The second-order valence-corrected chi connectivity index (χ2v) is 6.34. The van der Waals surface area contributed by atoms with E-state index in [1.807, 2.05) is 11.8 Å². The molecule has 0 radical (unpaired) electrons. The highest BCUT2D eigenvalue weighted by atomic mass is 32.2. The lowest BCUT2D eigenvalue weighted by atomic mass is 10.0. The first kappa shape index (κ1) is 14.5. The van der Waals surface area contributed by atoms with Gasteiger partial charge in [0, 0.05) is 19.6 Å². The maximum absolute atomic E-state index is 13.0. The van der Waals surface area contributed by atoms with Gasteiger partial charge < -0.3 is 5.32 Å². The molecule has 0 bridgehead atoms. The number of rotatable bonds is 2. The molecule has 2 atom stereocenters. The van der Waals surface area contributed by atoms with Gasteiger partial charge >= 0.3 is 6.18 Å². The zero-order chi connectivity index (χ0) is 13.0. The molecule has 106 valence electrons. The number of nitrogens with one attached hydrogen (secondary N) is 1. The van der Waals surface area contributed by atoms with Gasteiger partial charge in [0.2, 0.25) is 0 Å². The normalized spacial score (nSPS) is 32.2. The van der Waals surface area contributed by atoms with Crippen molar-refractivity contribution in [2.75, 3.05) is 37.7 Å². The highest BCUT2D eigenvalue weighted by molar-refractivity contribution is 7.99. The zero-order valence-corrected chi connectivity index (χ0v) is 11.3. The third-order valence-electron chi connectivity index (χ3n) is 3.70. The monoisotopic (exact) mass is 282 g/mol. The molecule has 0 amide bonds. The number of thioether (sulfide) groups is 1. The third kappa shape index (κ3) is 4.03. The van der Waals surface area contributed by atoms with Crippen molar-refractivity contribution in [2.24, 2.45) is 5.92 Å². The molecular weight excluding hydrogens is 261 g/mol. The van der Waals surface area contributed by atoms with E-state index in [4.69, 9.17) is 0 Å². The zero-order valence-electron chi connectivity index (χ0n) is 10.5. The average molecular weight is 282 g/mol. The molecule has 2 unspecified atom stereocenters. The molecule has 2 saturated heterocycles. The van der Waals surface area contributed by atoms with Crippen LogP contribution in [0.15, 0.2) is 0 Å².